The Bertz CT molecular complexity index is 1670. The molecule has 4 aromatic heterocycles. The van der Waals surface area contributed by atoms with Crippen molar-refractivity contribution in [3.05, 3.63) is 90.3 Å². The number of alkyl halides is 2. The maximum Gasteiger partial charge on any atom is 0.255 e. The van der Waals surface area contributed by atoms with Crippen LogP contribution < -0.4 is 4.74 Å². The number of carbonyl (C=O) groups is 1. The highest BCUT2D eigenvalue weighted by Crippen LogP contribution is 2.29. The van der Waals surface area contributed by atoms with Gasteiger partial charge >= 0.3 is 0 Å². The van der Waals surface area contributed by atoms with Crippen LogP contribution in [-0.4, -0.2) is 61.0 Å². The molecule has 0 spiro atoms. The van der Waals surface area contributed by atoms with Gasteiger partial charge in [0.1, 0.15) is 22.9 Å². The second kappa shape index (κ2) is 10.2. The molecule has 1 fully saturated rings. The molecule has 0 saturated carbocycles. The van der Waals surface area contributed by atoms with Gasteiger partial charge in [-0.2, -0.15) is 0 Å². The van der Waals surface area contributed by atoms with Gasteiger partial charge in [0.25, 0.3) is 11.8 Å². The summed E-state index contributed by atoms with van der Waals surface area (Å²) in [4.78, 5) is 28.2. The predicted molar refractivity (Wildman–Crippen MR) is 147 cm³/mol. The third kappa shape index (κ3) is 5.04. The molecule has 1 aromatic carbocycles. The summed E-state index contributed by atoms with van der Waals surface area (Å²) in [6.45, 7) is 2.75. The molecule has 40 heavy (non-hydrogen) atoms. The van der Waals surface area contributed by atoms with E-state index in [-0.39, 0.29) is 31.8 Å². The first kappa shape index (κ1) is 25.7. The molecular formula is C30H28F2N6O2. The molecule has 1 aliphatic rings. The lowest BCUT2D eigenvalue weighted by Crippen LogP contribution is -2.42. The number of halogens is 2. The number of pyridine rings is 2. The number of imidazole rings is 1. The van der Waals surface area contributed by atoms with Crippen molar-refractivity contribution < 1.29 is 18.3 Å². The fraction of sp³-hybridized carbons (Fsp3) is 0.267. The van der Waals surface area contributed by atoms with E-state index in [9.17, 15) is 13.6 Å². The van der Waals surface area contributed by atoms with E-state index in [0.717, 1.165) is 39.6 Å². The number of likely N-dealkylation sites (tertiary alicyclic amines) is 1. The summed E-state index contributed by atoms with van der Waals surface area (Å²) in [5, 5.41) is 0.783. The lowest BCUT2D eigenvalue weighted by molar-refractivity contribution is -0.0494. The van der Waals surface area contributed by atoms with E-state index in [1.165, 1.54) is 11.1 Å². The van der Waals surface area contributed by atoms with E-state index in [4.69, 9.17) is 9.72 Å². The number of nitrogens with zero attached hydrogens (tertiary/aromatic N) is 6. The van der Waals surface area contributed by atoms with Gasteiger partial charge in [-0.3, -0.25) is 14.3 Å². The molecule has 10 heteroatoms. The number of rotatable bonds is 6. The first-order chi connectivity index (χ1) is 19.3. The predicted octanol–water partition coefficient (Wildman–Crippen LogP) is 5.52. The third-order valence-electron chi connectivity index (χ3n) is 7.33. The highest BCUT2D eigenvalue weighted by Gasteiger charge is 2.35. The Morgan fingerprint density at radius 3 is 2.48 bits per heavy atom. The molecule has 0 radical (unpaired) electrons. The van der Waals surface area contributed by atoms with Gasteiger partial charge in [-0.25, -0.2) is 18.7 Å². The summed E-state index contributed by atoms with van der Waals surface area (Å²) in [5.41, 5.74) is 4.57. The van der Waals surface area contributed by atoms with Crippen molar-refractivity contribution in [2.45, 2.75) is 32.2 Å². The average Bonchev–Trinajstić information content (AvgIpc) is 3.56. The van der Waals surface area contributed by atoms with Crippen LogP contribution in [0.1, 0.15) is 34.6 Å². The number of methoxy groups -OCH3 is 1. The Morgan fingerprint density at radius 1 is 1.00 bits per heavy atom. The first-order valence-corrected chi connectivity index (χ1v) is 13.1. The maximum absolute atomic E-state index is 13.5. The summed E-state index contributed by atoms with van der Waals surface area (Å²) in [6.07, 6.45) is 6.52. The minimum atomic E-state index is -2.70. The van der Waals surface area contributed by atoms with Gasteiger partial charge < -0.3 is 14.2 Å². The fourth-order valence-corrected chi connectivity index (χ4v) is 4.97. The monoisotopic (exact) mass is 542 g/mol. The molecule has 5 heterocycles. The average molecular weight is 543 g/mol. The van der Waals surface area contributed by atoms with Crippen LogP contribution >= 0.6 is 0 Å². The van der Waals surface area contributed by atoms with Gasteiger partial charge in [-0.1, -0.05) is 12.1 Å². The summed E-state index contributed by atoms with van der Waals surface area (Å²) < 4.78 is 36.2. The molecule has 1 aliphatic heterocycles. The number of piperidine rings is 1. The van der Waals surface area contributed by atoms with Crippen molar-refractivity contribution in [3.63, 3.8) is 0 Å². The quantitative estimate of drug-likeness (QED) is 0.282. The van der Waals surface area contributed by atoms with Crippen molar-refractivity contribution in [1.29, 1.82) is 0 Å². The Morgan fingerprint density at radius 2 is 1.77 bits per heavy atom. The van der Waals surface area contributed by atoms with E-state index in [1.807, 2.05) is 66.3 Å². The highest BCUT2D eigenvalue weighted by atomic mass is 19.3. The molecule has 0 N–H and O–H groups in total. The van der Waals surface area contributed by atoms with Crippen LogP contribution in [0, 0.1) is 6.92 Å². The number of fused-ring (bicyclic) bond motifs is 1. The Kier molecular flexibility index (Phi) is 6.53. The Labute approximate surface area is 229 Å². The molecule has 0 atom stereocenters. The molecule has 6 rings (SSSR count). The molecule has 0 unspecified atom stereocenters. The lowest BCUT2D eigenvalue weighted by Gasteiger charge is -2.31. The van der Waals surface area contributed by atoms with Crippen LogP contribution in [0.25, 0.3) is 28.1 Å². The van der Waals surface area contributed by atoms with E-state index in [0.29, 0.717) is 17.8 Å². The summed E-state index contributed by atoms with van der Waals surface area (Å²) in [7, 11) is 1.65. The minimum Gasteiger partial charge on any atom is -0.497 e. The molecule has 8 nitrogen and oxygen atoms in total. The maximum atomic E-state index is 13.5. The van der Waals surface area contributed by atoms with Crippen LogP contribution in [0.2, 0.25) is 0 Å². The van der Waals surface area contributed by atoms with Crippen molar-refractivity contribution in [2.75, 3.05) is 20.2 Å². The highest BCUT2D eigenvalue weighted by molar-refractivity contribution is 5.97. The van der Waals surface area contributed by atoms with Crippen molar-refractivity contribution in [2.24, 2.45) is 0 Å². The zero-order valence-electron chi connectivity index (χ0n) is 22.2. The molecular weight excluding hydrogens is 514 g/mol. The molecule has 1 saturated heterocycles. The molecule has 204 valence electrons. The summed E-state index contributed by atoms with van der Waals surface area (Å²) in [6, 6.07) is 15.5. The standard InChI is InChI=1S/C30H28F2N6O2/c1-20-35-27(19-37(20)18-21-3-6-25(40-2)7-4-21)26-8-5-24(17-33-26)38-12-9-22-15-23(16-34-28(22)38)29(39)36-13-10-30(31,32)11-14-36/h3-9,12,15-17,19H,10-11,13-14,18H2,1-2H3. The number of aryl methyl sites for hydroxylation is 1. The smallest absolute Gasteiger partial charge is 0.255 e. The second-order valence-corrected chi connectivity index (χ2v) is 10.0. The number of amides is 1. The van der Waals surface area contributed by atoms with E-state index >= 15 is 0 Å². The lowest BCUT2D eigenvalue weighted by atomic mass is 10.1. The molecule has 0 aliphatic carbocycles. The van der Waals surface area contributed by atoms with E-state index < -0.39 is 5.92 Å². The largest absolute Gasteiger partial charge is 0.497 e. The van der Waals surface area contributed by atoms with Crippen LogP contribution in [0.15, 0.2) is 73.3 Å². The molecule has 0 bridgehead atoms. The van der Waals surface area contributed by atoms with Gasteiger partial charge in [0, 0.05) is 56.5 Å². The normalized spacial score (nSPS) is 14.9. The fourth-order valence-electron chi connectivity index (χ4n) is 4.97. The molecule has 1 amide bonds. The minimum absolute atomic E-state index is 0.0438. The van der Waals surface area contributed by atoms with Crippen molar-refractivity contribution >= 4 is 16.9 Å². The zero-order chi connectivity index (χ0) is 27.9. The van der Waals surface area contributed by atoms with Crippen LogP contribution in [0.3, 0.4) is 0 Å². The van der Waals surface area contributed by atoms with Gasteiger partial charge in [0.05, 0.1) is 30.3 Å². The van der Waals surface area contributed by atoms with Crippen LogP contribution in [0.4, 0.5) is 8.78 Å². The van der Waals surface area contributed by atoms with Gasteiger partial charge in [0.15, 0.2) is 0 Å². The van der Waals surface area contributed by atoms with E-state index in [2.05, 4.69) is 14.5 Å². The zero-order valence-corrected chi connectivity index (χ0v) is 22.2. The second-order valence-electron chi connectivity index (χ2n) is 10.0. The third-order valence-corrected chi connectivity index (χ3v) is 7.33. The van der Waals surface area contributed by atoms with Crippen molar-refractivity contribution in [3.8, 4) is 22.8 Å². The number of carbonyl (C=O) groups excluding carboxylic acids is 1. The van der Waals surface area contributed by atoms with Crippen LogP contribution in [0.5, 0.6) is 5.75 Å². The number of hydrogen-bond acceptors (Lipinski definition) is 5. The van der Waals surface area contributed by atoms with Gasteiger partial charge in [0.2, 0.25) is 0 Å². The number of ether oxygens (including phenoxy) is 1. The van der Waals surface area contributed by atoms with Crippen molar-refractivity contribution in [1.82, 2.24) is 29.0 Å². The van der Waals surface area contributed by atoms with Gasteiger partial charge in [-0.05, 0) is 48.9 Å². The Balaban J connectivity index is 1.18. The number of benzene rings is 1. The first-order valence-electron chi connectivity index (χ1n) is 13.1. The summed E-state index contributed by atoms with van der Waals surface area (Å²) in [5.74, 6) is -1.26. The van der Waals surface area contributed by atoms with E-state index in [1.54, 1.807) is 19.4 Å². The Hall–Kier alpha value is -4.60. The number of hydrogen-bond donors (Lipinski definition) is 0. The number of aromatic nitrogens is 5. The molecule has 5 aromatic rings. The van der Waals surface area contributed by atoms with Gasteiger partial charge in [-0.15, -0.1) is 0 Å². The SMILES string of the molecule is COc1ccc(Cn2cc(-c3ccc(-n4ccc5cc(C(=O)N6CCC(F)(F)CC6)cnc54)cn3)nc2C)cc1. The summed E-state index contributed by atoms with van der Waals surface area (Å²) >= 11 is 0. The topological polar surface area (TPSA) is 78.1 Å². The van der Waals surface area contributed by atoms with Crippen LogP contribution in [-0.2, 0) is 6.54 Å².